The molecule has 1 aliphatic heterocycles. The molecular formula is C23H32N4O4Si. The van der Waals surface area contributed by atoms with Gasteiger partial charge in [0.1, 0.15) is 11.8 Å². The third kappa shape index (κ3) is 6.16. The smallest absolute Gasteiger partial charge is 0.251 e. The molecule has 2 aromatic carbocycles. The third-order valence-corrected chi connectivity index (χ3v) is 7.52. The second-order valence-corrected chi connectivity index (χ2v) is 14.0. The van der Waals surface area contributed by atoms with Crippen LogP contribution in [-0.2, 0) is 9.59 Å². The van der Waals surface area contributed by atoms with Gasteiger partial charge in [-0.05, 0) is 29.8 Å². The number of aliphatic hydroxyl groups excluding tert-OH is 1. The van der Waals surface area contributed by atoms with E-state index in [9.17, 15) is 14.7 Å². The van der Waals surface area contributed by atoms with Crippen LogP contribution >= 0.6 is 0 Å². The number of hydrogen-bond donors (Lipinski definition) is 4. The maximum absolute atomic E-state index is 13.2. The van der Waals surface area contributed by atoms with Crippen molar-refractivity contribution in [1.29, 1.82) is 0 Å². The van der Waals surface area contributed by atoms with Crippen LogP contribution in [0, 0.1) is 0 Å². The maximum atomic E-state index is 13.2. The number of anilines is 1. The zero-order valence-corrected chi connectivity index (χ0v) is 20.0. The first-order valence-corrected chi connectivity index (χ1v) is 14.2. The summed E-state index contributed by atoms with van der Waals surface area (Å²) in [6.07, 6.45) is -0.862. The zero-order valence-electron chi connectivity index (χ0n) is 19.0. The molecule has 1 saturated heterocycles. The van der Waals surface area contributed by atoms with Gasteiger partial charge in [0, 0.05) is 18.8 Å². The highest BCUT2D eigenvalue weighted by molar-refractivity contribution is 6.88. The van der Waals surface area contributed by atoms with Gasteiger partial charge in [-0.1, -0.05) is 49.1 Å². The molecule has 2 amide bonds. The van der Waals surface area contributed by atoms with Crippen molar-refractivity contribution in [3.05, 3.63) is 54.1 Å². The largest absolute Gasteiger partial charge is 0.497 e. The summed E-state index contributed by atoms with van der Waals surface area (Å²) >= 11 is 0. The first-order valence-electron chi connectivity index (χ1n) is 10.7. The van der Waals surface area contributed by atoms with Crippen molar-refractivity contribution in [2.45, 2.75) is 32.0 Å². The second kappa shape index (κ2) is 10.3. The van der Waals surface area contributed by atoms with E-state index >= 15 is 0 Å². The summed E-state index contributed by atoms with van der Waals surface area (Å²) in [4.78, 5) is 27.4. The fourth-order valence-corrected chi connectivity index (χ4v) is 4.68. The van der Waals surface area contributed by atoms with Crippen LogP contribution in [-0.4, -0.2) is 63.0 Å². The Labute approximate surface area is 190 Å². The standard InChI is InChI=1S/C23H32N4O4Si/c1-31-18-9-5-16(6-10-18)21(26-20(28)15-27-14-13-24-23(27)30)22(29)25-17-7-11-19(12-8-17)32(2,3)4/h5-12,21,23-24,30H,13-15H2,1-4H3,(H,25,29)(H,26,28). The molecule has 1 heterocycles. The Hall–Kier alpha value is -2.72. The van der Waals surface area contributed by atoms with Gasteiger partial charge >= 0.3 is 0 Å². The van der Waals surface area contributed by atoms with Crippen molar-refractivity contribution in [2.75, 3.05) is 32.1 Å². The Morgan fingerprint density at radius 3 is 2.34 bits per heavy atom. The molecule has 0 aliphatic carbocycles. The Morgan fingerprint density at radius 2 is 1.81 bits per heavy atom. The predicted octanol–water partition coefficient (Wildman–Crippen LogP) is 1.22. The van der Waals surface area contributed by atoms with Gasteiger partial charge in [0.25, 0.3) is 5.91 Å². The molecule has 0 radical (unpaired) electrons. The van der Waals surface area contributed by atoms with Gasteiger partial charge < -0.3 is 20.5 Å². The number of rotatable bonds is 8. The van der Waals surface area contributed by atoms with Crippen LogP contribution in [0.1, 0.15) is 11.6 Å². The van der Waals surface area contributed by atoms with Crippen LogP contribution < -0.4 is 25.9 Å². The summed E-state index contributed by atoms with van der Waals surface area (Å²) in [6, 6.07) is 14.0. The molecule has 8 nitrogen and oxygen atoms in total. The van der Waals surface area contributed by atoms with Crippen molar-refractivity contribution >= 4 is 30.8 Å². The van der Waals surface area contributed by atoms with Crippen molar-refractivity contribution in [3.63, 3.8) is 0 Å². The Bertz CT molecular complexity index is 929. The van der Waals surface area contributed by atoms with Crippen LogP contribution in [0.3, 0.4) is 0 Å². The van der Waals surface area contributed by atoms with Crippen molar-refractivity contribution in [3.8, 4) is 5.75 Å². The Balaban J connectivity index is 1.76. The molecule has 0 bridgehead atoms. The van der Waals surface area contributed by atoms with Crippen molar-refractivity contribution in [1.82, 2.24) is 15.5 Å². The highest BCUT2D eigenvalue weighted by Crippen LogP contribution is 2.20. The van der Waals surface area contributed by atoms with Gasteiger partial charge in [0.15, 0.2) is 6.35 Å². The lowest BCUT2D eigenvalue weighted by Gasteiger charge is -2.23. The minimum Gasteiger partial charge on any atom is -0.497 e. The van der Waals surface area contributed by atoms with Crippen LogP contribution in [0.25, 0.3) is 0 Å². The zero-order chi connectivity index (χ0) is 23.3. The molecule has 2 aromatic rings. The molecule has 0 saturated carbocycles. The van der Waals surface area contributed by atoms with E-state index in [-0.39, 0.29) is 18.4 Å². The number of amides is 2. The number of aliphatic hydroxyl groups is 1. The highest BCUT2D eigenvalue weighted by atomic mass is 28.3. The number of hydrogen-bond acceptors (Lipinski definition) is 6. The molecule has 4 N–H and O–H groups in total. The molecule has 172 valence electrons. The third-order valence-electron chi connectivity index (χ3n) is 5.45. The number of nitrogens with zero attached hydrogens (tertiary/aromatic N) is 1. The first-order chi connectivity index (χ1) is 15.2. The van der Waals surface area contributed by atoms with Crippen LogP contribution in [0.15, 0.2) is 48.5 Å². The summed E-state index contributed by atoms with van der Waals surface area (Å²) in [5.74, 6) is -0.0328. The molecule has 0 aromatic heterocycles. The average molecular weight is 457 g/mol. The summed E-state index contributed by atoms with van der Waals surface area (Å²) in [5.41, 5.74) is 1.30. The van der Waals surface area contributed by atoms with Crippen LogP contribution in [0.5, 0.6) is 5.75 Å². The van der Waals surface area contributed by atoms with Gasteiger partial charge in [-0.3, -0.25) is 19.8 Å². The SMILES string of the molecule is COc1ccc(C(NC(=O)CN2CCNC2O)C(=O)Nc2ccc([Si](C)(C)C)cc2)cc1. The van der Waals surface area contributed by atoms with Gasteiger partial charge in [0.2, 0.25) is 5.91 Å². The summed E-state index contributed by atoms with van der Waals surface area (Å²) < 4.78 is 5.20. The van der Waals surface area contributed by atoms with E-state index in [0.29, 0.717) is 30.1 Å². The predicted molar refractivity (Wildman–Crippen MR) is 128 cm³/mol. The van der Waals surface area contributed by atoms with Gasteiger partial charge in [-0.2, -0.15) is 0 Å². The summed E-state index contributed by atoms with van der Waals surface area (Å²) in [7, 11) is 0.133. The van der Waals surface area contributed by atoms with Crippen molar-refractivity contribution in [2.24, 2.45) is 0 Å². The molecule has 9 heteroatoms. The van der Waals surface area contributed by atoms with Crippen molar-refractivity contribution < 1.29 is 19.4 Å². The second-order valence-electron chi connectivity index (χ2n) is 8.89. The number of benzene rings is 2. The summed E-state index contributed by atoms with van der Waals surface area (Å²) in [6.45, 7) is 7.94. The Morgan fingerprint density at radius 1 is 1.16 bits per heavy atom. The lowest BCUT2D eigenvalue weighted by Crippen LogP contribution is -2.45. The number of nitrogens with one attached hydrogen (secondary N) is 3. The van der Waals surface area contributed by atoms with E-state index < -0.39 is 20.5 Å². The van der Waals surface area contributed by atoms with Gasteiger partial charge in [0.05, 0.1) is 21.7 Å². The first kappa shape index (κ1) is 23.9. The average Bonchev–Trinajstić information content (AvgIpc) is 3.16. The molecule has 3 rings (SSSR count). The molecule has 1 fully saturated rings. The molecule has 2 atom stereocenters. The van der Waals surface area contributed by atoms with Gasteiger partial charge in [-0.25, -0.2) is 0 Å². The fourth-order valence-electron chi connectivity index (χ4n) is 3.51. The van der Waals surface area contributed by atoms with Gasteiger partial charge in [-0.15, -0.1) is 0 Å². The topological polar surface area (TPSA) is 103 Å². The van der Waals surface area contributed by atoms with Crippen LogP contribution in [0.2, 0.25) is 19.6 Å². The fraction of sp³-hybridized carbons (Fsp3) is 0.391. The van der Waals surface area contributed by atoms with E-state index in [1.807, 2.05) is 24.3 Å². The quantitative estimate of drug-likeness (QED) is 0.446. The number of carbonyl (C=O) groups excluding carboxylic acids is 2. The van der Waals surface area contributed by atoms with E-state index in [1.165, 1.54) is 5.19 Å². The molecule has 0 spiro atoms. The minimum absolute atomic E-state index is 0.0149. The molecule has 1 aliphatic rings. The lowest BCUT2D eigenvalue weighted by atomic mass is 10.1. The summed E-state index contributed by atoms with van der Waals surface area (Å²) in [5, 5.41) is 19.7. The molecular weight excluding hydrogens is 424 g/mol. The van der Waals surface area contributed by atoms with E-state index in [1.54, 1.807) is 36.3 Å². The number of carbonyl (C=O) groups is 2. The monoisotopic (exact) mass is 456 g/mol. The lowest BCUT2D eigenvalue weighted by molar-refractivity contribution is -0.129. The highest BCUT2D eigenvalue weighted by Gasteiger charge is 2.27. The van der Waals surface area contributed by atoms with Crippen LogP contribution in [0.4, 0.5) is 5.69 Å². The number of methoxy groups -OCH3 is 1. The van der Waals surface area contributed by atoms with E-state index in [2.05, 4.69) is 35.6 Å². The Kier molecular flexibility index (Phi) is 7.67. The molecule has 2 unspecified atom stereocenters. The van der Waals surface area contributed by atoms with E-state index in [0.717, 1.165) is 0 Å². The normalized spacial score (nSPS) is 17.6. The molecule has 32 heavy (non-hydrogen) atoms. The number of ether oxygens (including phenoxy) is 1. The maximum Gasteiger partial charge on any atom is 0.251 e. The van der Waals surface area contributed by atoms with E-state index in [4.69, 9.17) is 4.74 Å². The minimum atomic E-state index is -1.44.